The van der Waals surface area contributed by atoms with Crippen molar-refractivity contribution in [3.8, 4) is 0 Å². The number of fused-ring (bicyclic) bond motifs is 1. The van der Waals surface area contributed by atoms with Gasteiger partial charge in [-0.2, -0.15) is 4.98 Å². The summed E-state index contributed by atoms with van der Waals surface area (Å²) < 4.78 is 6.17. The van der Waals surface area contributed by atoms with Crippen LogP contribution in [0.1, 0.15) is 28.3 Å². The Morgan fingerprint density at radius 1 is 1.48 bits per heavy atom. The third-order valence-electron chi connectivity index (χ3n) is 4.27. The summed E-state index contributed by atoms with van der Waals surface area (Å²) in [5, 5.41) is 4.27. The molecule has 1 unspecified atom stereocenters. The summed E-state index contributed by atoms with van der Waals surface area (Å²) in [4.78, 5) is 12.6. The van der Waals surface area contributed by atoms with Gasteiger partial charge in [-0.25, -0.2) is 4.98 Å². The zero-order valence-electron chi connectivity index (χ0n) is 13.2. The zero-order valence-corrected chi connectivity index (χ0v) is 14.7. The van der Waals surface area contributed by atoms with Crippen molar-refractivity contribution >= 4 is 34.5 Å². The van der Waals surface area contributed by atoms with Crippen LogP contribution in [0.15, 0.2) is 16.7 Å². The van der Waals surface area contributed by atoms with E-state index >= 15 is 0 Å². The van der Waals surface area contributed by atoms with Crippen LogP contribution in [0.3, 0.4) is 0 Å². The first-order chi connectivity index (χ1) is 11.1. The Hall–Kier alpha value is -1.37. The topological polar surface area (TPSA) is 54.2 Å². The molecular weight excluding hydrogens is 332 g/mol. The molecule has 1 N–H and O–H groups in total. The smallest absolute Gasteiger partial charge is 0.298 e. The highest BCUT2D eigenvalue weighted by Gasteiger charge is 2.30. The van der Waals surface area contributed by atoms with Gasteiger partial charge in [-0.05, 0) is 13.8 Å². The van der Waals surface area contributed by atoms with E-state index in [4.69, 9.17) is 21.0 Å². The van der Waals surface area contributed by atoms with Crippen molar-refractivity contribution in [1.29, 1.82) is 0 Å². The van der Waals surface area contributed by atoms with E-state index in [2.05, 4.69) is 29.0 Å². The molecule has 2 aromatic rings. The molecule has 23 heavy (non-hydrogen) atoms. The number of rotatable bonds is 2. The second-order valence-electron chi connectivity index (χ2n) is 6.10. The molecule has 2 atom stereocenters. The second kappa shape index (κ2) is 5.92. The van der Waals surface area contributed by atoms with E-state index in [0.29, 0.717) is 18.5 Å². The molecule has 0 aromatic carbocycles. The van der Waals surface area contributed by atoms with Crippen LogP contribution in [0.2, 0.25) is 0 Å². The minimum Gasteiger partial charge on any atom is -0.423 e. The Balaban J connectivity index is 1.73. The fourth-order valence-electron chi connectivity index (χ4n) is 3.08. The van der Waals surface area contributed by atoms with Gasteiger partial charge in [0.2, 0.25) is 0 Å². The third-order valence-corrected chi connectivity index (χ3v) is 5.49. The number of oxazole rings is 1. The van der Waals surface area contributed by atoms with Gasteiger partial charge >= 0.3 is 0 Å². The number of nitrogens with one attached hydrogen (secondary N) is 1. The van der Waals surface area contributed by atoms with Crippen LogP contribution in [0, 0.1) is 6.92 Å². The van der Waals surface area contributed by atoms with Crippen molar-refractivity contribution in [2.45, 2.75) is 31.7 Å². The minimum absolute atomic E-state index is 0.0693. The highest BCUT2D eigenvalue weighted by atomic mass is 35.5. The maximum absolute atomic E-state index is 6.41. The van der Waals surface area contributed by atoms with E-state index in [-0.39, 0.29) is 5.38 Å². The van der Waals surface area contributed by atoms with Crippen LogP contribution in [0.25, 0.3) is 5.57 Å². The lowest BCUT2D eigenvalue weighted by Gasteiger charge is -2.32. The van der Waals surface area contributed by atoms with Gasteiger partial charge < -0.3 is 14.6 Å². The molecule has 2 aliphatic rings. The first kappa shape index (κ1) is 15.2. The number of nitrogens with zero attached hydrogens (tertiary/aromatic N) is 3. The van der Waals surface area contributed by atoms with E-state index in [1.807, 2.05) is 12.3 Å². The van der Waals surface area contributed by atoms with E-state index in [1.54, 1.807) is 11.3 Å². The van der Waals surface area contributed by atoms with Crippen molar-refractivity contribution in [2.75, 3.05) is 24.5 Å². The molecule has 1 fully saturated rings. The third kappa shape index (κ3) is 2.79. The number of halogens is 1. The summed E-state index contributed by atoms with van der Waals surface area (Å²) in [6.45, 7) is 7.03. The van der Waals surface area contributed by atoms with E-state index < -0.39 is 0 Å². The highest BCUT2D eigenvalue weighted by molar-refractivity contribution is 7.12. The predicted octanol–water partition coefficient (Wildman–Crippen LogP) is 2.83. The van der Waals surface area contributed by atoms with E-state index in [9.17, 15) is 0 Å². The van der Waals surface area contributed by atoms with Crippen LogP contribution in [-0.2, 0) is 6.42 Å². The van der Waals surface area contributed by atoms with Gasteiger partial charge in [0.1, 0.15) is 5.01 Å². The highest BCUT2D eigenvalue weighted by Crippen LogP contribution is 2.37. The monoisotopic (exact) mass is 350 g/mol. The first-order valence-electron chi connectivity index (χ1n) is 7.88. The lowest BCUT2D eigenvalue weighted by molar-refractivity contribution is 0.443. The van der Waals surface area contributed by atoms with Crippen LogP contribution < -0.4 is 10.2 Å². The zero-order chi connectivity index (χ0) is 16.0. The summed E-state index contributed by atoms with van der Waals surface area (Å²) in [6.07, 6.45) is 4.63. The average Bonchev–Trinajstić information content (AvgIpc) is 3.13. The SMILES string of the molecule is Cc1cnc(C2=CC(Cl)Cc3nc(N4CCNC[C@@H]4C)oc32)s1. The van der Waals surface area contributed by atoms with Crippen LogP contribution in [-0.4, -0.2) is 41.0 Å². The first-order valence-corrected chi connectivity index (χ1v) is 9.13. The van der Waals surface area contributed by atoms with E-state index in [0.717, 1.165) is 41.7 Å². The molecule has 3 heterocycles. The van der Waals surface area contributed by atoms with Gasteiger partial charge in [0.25, 0.3) is 6.01 Å². The summed E-state index contributed by atoms with van der Waals surface area (Å²) in [5.41, 5.74) is 1.92. The van der Waals surface area contributed by atoms with Gasteiger partial charge in [-0.15, -0.1) is 22.9 Å². The normalized spacial score (nSPS) is 24.5. The number of allylic oxidation sites excluding steroid dienone is 1. The molecule has 1 aliphatic carbocycles. The Morgan fingerprint density at radius 3 is 3.09 bits per heavy atom. The largest absolute Gasteiger partial charge is 0.423 e. The van der Waals surface area contributed by atoms with Gasteiger partial charge in [0.15, 0.2) is 5.76 Å². The van der Waals surface area contributed by atoms with Gasteiger partial charge in [-0.3, -0.25) is 0 Å². The molecule has 7 heteroatoms. The molecule has 1 aliphatic heterocycles. The second-order valence-corrected chi connectivity index (χ2v) is 7.89. The van der Waals surface area contributed by atoms with Gasteiger partial charge in [0, 0.05) is 43.2 Å². The maximum atomic E-state index is 6.41. The quantitative estimate of drug-likeness (QED) is 0.844. The molecule has 2 aromatic heterocycles. The summed E-state index contributed by atoms with van der Waals surface area (Å²) in [6, 6.07) is 1.07. The summed E-state index contributed by atoms with van der Waals surface area (Å²) in [7, 11) is 0. The fourth-order valence-corrected chi connectivity index (χ4v) is 4.14. The van der Waals surface area contributed by atoms with Crippen molar-refractivity contribution in [3.05, 3.63) is 33.6 Å². The fraction of sp³-hybridized carbons (Fsp3) is 0.500. The van der Waals surface area contributed by atoms with Crippen molar-refractivity contribution in [3.63, 3.8) is 0 Å². The Labute approximate surface area is 144 Å². The van der Waals surface area contributed by atoms with Crippen LogP contribution in [0.4, 0.5) is 6.01 Å². The molecule has 1 saturated heterocycles. The molecule has 0 radical (unpaired) electrons. The van der Waals surface area contributed by atoms with E-state index in [1.165, 1.54) is 4.88 Å². The number of alkyl halides is 1. The molecule has 0 bridgehead atoms. The molecule has 0 spiro atoms. The molecule has 5 nitrogen and oxygen atoms in total. The predicted molar refractivity (Wildman–Crippen MR) is 93.5 cm³/mol. The molecule has 4 rings (SSSR count). The molecule has 122 valence electrons. The van der Waals surface area contributed by atoms with Crippen molar-refractivity contribution in [1.82, 2.24) is 15.3 Å². The number of hydrogen-bond acceptors (Lipinski definition) is 6. The lowest BCUT2D eigenvalue weighted by atomic mass is 10.0. The minimum atomic E-state index is -0.0693. The van der Waals surface area contributed by atoms with Crippen LogP contribution >= 0.6 is 22.9 Å². The molecular formula is C16H19ClN4OS. The average molecular weight is 351 g/mol. The van der Waals surface area contributed by atoms with Gasteiger partial charge in [-0.1, -0.05) is 6.08 Å². The standard InChI is InChI=1S/C16H19ClN4OS/c1-9-7-18-3-4-21(9)16-20-13-6-11(17)5-12(14(13)22-16)15-19-8-10(2)23-15/h5,8-9,11,18H,3-4,6-7H2,1-2H3/t9-,11?/m0/s1. The number of hydrogen-bond donors (Lipinski definition) is 1. The summed E-state index contributed by atoms with van der Waals surface area (Å²) in [5.74, 6) is 0.831. The number of aromatic nitrogens is 2. The number of piperazine rings is 1. The summed E-state index contributed by atoms with van der Waals surface area (Å²) >= 11 is 8.07. The Morgan fingerprint density at radius 2 is 2.35 bits per heavy atom. The number of aryl methyl sites for hydroxylation is 1. The van der Waals surface area contributed by atoms with Crippen molar-refractivity contribution < 1.29 is 4.42 Å². The molecule has 0 amide bonds. The number of anilines is 1. The molecule has 0 saturated carbocycles. The lowest BCUT2D eigenvalue weighted by Crippen LogP contribution is -2.50. The van der Waals surface area contributed by atoms with Gasteiger partial charge in [0.05, 0.1) is 16.6 Å². The number of thiazole rings is 1. The maximum Gasteiger partial charge on any atom is 0.298 e. The Kier molecular flexibility index (Phi) is 3.91. The van der Waals surface area contributed by atoms with Crippen LogP contribution in [0.5, 0.6) is 0 Å². The Bertz CT molecular complexity index is 753. The van der Waals surface area contributed by atoms with Crippen molar-refractivity contribution in [2.24, 2.45) is 0 Å².